The summed E-state index contributed by atoms with van der Waals surface area (Å²) in [5.41, 5.74) is 1.09. The van der Waals surface area contributed by atoms with Gasteiger partial charge in [0.05, 0.1) is 11.5 Å². The maximum atomic E-state index is 11.6. The molecule has 1 N–H and O–H groups in total. The number of aromatic nitrogens is 2. The van der Waals surface area contributed by atoms with Crippen LogP contribution in [0.3, 0.4) is 0 Å². The van der Waals surface area contributed by atoms with Crippen molar-refractivity contribution in [2.24, 2.45) is 0 Å². The number of sulfone groups is 1. The van der Waals surface area contributed by atoms with Gasteiger partial charge in [0.25, 0.3) is 0 Å². The second-order valence-electron chi connectivity index (χ2n) is 5.91. The Morgan fingerprint density at radius 2 is 2.04 bits per heavy atom. The van der Waals surface area contributed by atoms with Gasteiger partial charge in [0.15, 0.2) is 9.84 Å². The van der Waals surface area contributed by atoms with Crippen LogP contribution in [0.1, 0.15) is 12.0 Å². The summed E-state index contributed by atoms with van der Waals surface area (Å²) in [5.74, 6) is 1.84. The first-order valence-electron chi connectivity index (χ1n) is 7.66. The van der Waals surface area contributed by atoms with Crippen LogP contribution < -0.4 is 10.2 Å². The van der Waals surface area contributed by atoms with Gasteiger partial charge in [-0.2, -0.15) is 0 Å². The highest BCUT2D eigenvalue weighted by Gasteiger charge is 2.31. The summed E-state index contributed by atoms with van der Waals surface area (Å²) in [6.45, 7) is 0.620. The summed E-state index contributed by atoms with van der Waals surface area (Å²) < 4.78 is 23.3. The van der Waals surface area contributed by atoms with E-state index >= 15 is 0 Å². The fraction of sp³-hybridized carbons (Fsp3) is 0.375. The van der Waals surface area contributed by atoms with E-state index in [-0.39, 0.29) is 17.5 Å². The van der Waals surface area contributed by atoms with E-state index in [2.05, 4.69) is 15.3 Å². The van der Waals surface area contributed by atoms with Crippen LogP contribution in [0.15, 0.2) is 36.7 Å². The highest BCUT2D eigenvalue weighted by molar-refractivity contribution is 7.91. The van der Waals surface area contributed by atoms with Crippen molar-refractivity contribution < 1.29 is 8.42 Å². The van der Waals surface area contributed by atoms with Crippen molar-refractivity contribution >= 4 is 33.1 Å². The minimum Gasteiger partial charge on any atom is -0.366 e. The van der Waals surface area contributed by atoms with Gasteiger partial charge in [-0.25, -0.2) is 18.4 Å². The van der Waals surface area contributed by atoms with Crippen molar-refractivity contribution in [1.29, 1.82) is 0 Å². The molecule has 1 atom stereocenters. The van der Waals surface area contributed by atoms with Crippen LogP contribution in [0, 0.1) is 0 Å². The molecule has 1 saturated heterocycles. The molecule has 0 amide bonds. The van der Waals surface area contributed by atoms with Crippen LogP contribution in [0.2, 0.25) is 5.02 Å². The largest absolute Gasteiger partial charge is 0.366 e. The molecule has 0 spiro atoms. The number of hydrogen-bond acceptors (Lipinski definition) is 6. The number of hydrogen-bond donors (Lipinski definition) is 1. The molecule has 0 aliphatic carbocycles. The fourth-order valence-electron chi connectivity index (χ4n) is 2.70. The lowest BCUT2D eigenvalue weighted by atomic mass is 10.2. The first-order valence-corrected chi connectivity index (χ1v) is 9.86. The lowest BCUT2D eigenvalue weighted by Gasteiger charge is -2.24. The van der Waals surface area contributed by atoms with Gasteiger partial charge in [-0.05, 0) is 24.1 Å². The average Bonchev–Trinajstić information content (AvgIpc) is 2.94. The molecule has 2 heterocycles. The summed E-state index contributed by atoms with van der Waals surface area (Å²) in [7, 11) is -1.05. The van der Waals surface area contributed by atoms with Crippen LogP contribution in [-0.2, 0) is 16.4 Å². The molecule has 24 heavy (non-hydrogen) atoms. The van der Waals surface area contributed by atoms with E-state index in [9.17, 15) is 8.42 Å². The summed E-state index contributed by atoms with van der Waals surface area (Å²) in [4.78, 5) is 10.4. The Kier molecular flexibility index (Phi) is 4.91. The van der Waals surface area contributed by atoms with Gasteiger partial charge < -0.3 is 10.2 Å². The lowest BCUT2D eigenvalue weighted by molar-refractivity contribution is 0.600. The Morgan fingerprint density at radius 1 is 1.29 bits per heavy atom. The number of anilines is 2. The zero-order valence-electron chi connectivity index (χ0n) is 13.3. The third-order valence-corrected chi connectivity index (χ3v) is 6.16. The highest BCUT2D eigenvalue weighted by Crippen LogP contribution is 2.22. The van der Waals surface area contributed by atoms with E-state index in [1.165, 1.54) is 6.33 Å². The predicted octanol–water partition coefficient (Wildman–Crippen LogP) is 2.37. The maximum absolute atomic E-state index is 11.6. The maximum Gasteiger partial charge on any atom is 0.152 e. The van der Waals surface area contributed by atoms with Crippen molar-refractivity contribution in [3.63, 3.8) is 0 Å². The van der Waals surface area contributed by atoms with Crippen LogP contribution in [0.25, 0.3) is 0 Å². The highest BCUT2D eigenvalue weighted by atomic mass is 35.5. The number of nitrogens with one attached hydrogen (secondary N) is 1. The molecule has 128 valence electrons. The smallest absolute Gasteiger partial charge is 0.152 e. The summed E-state index contributed by atoms with van der Waals surface area (Å²) in [6, 6.07) is 9.39. The molecule has 8 heteroatoms. The molecule has 6 nitrogen and oxygen atoms in total. The molecule has 1 fully saturated rings. The Bertz CT molecular complexity index is 811. The number of nitrogens with zero attached hydrogens (tertiary/aromatic N) is 3. The van der Waals surface area contributed by atoms with Gasteiger partial charge in [-0.1, -0.05) is 23.7 Å². The molecule has 1 unspecified atom stereocenters. The van der Waals surface area contributed by atoms with Crippen LogP contribution >= 0.6 is 11.6 Å². The minimum atomic E-state index is -2.92. The molecule has 1 aromatic carbocycles. The average molecular weight is 367 g/mol. The molecule has 3 rings (SSSR count). The molecule has 2 aromatic rings. The van der Waals surface area contributed by atoms with E-state index in [1.54, 1.807) is 0 Å². The SMILES string of the molecule is CN(c1cc(NCc2ccc(Cl)cc2)ncn1)C1CCS(=O)(=O)C1. The van der Waals surface area contributed by atoms with Gasteiger partial charge in [0.1, 0.15) is 18.0 Å². The summed E-state index contributed by atoms with van der Waals surface area (Å²) in [6.07, 6.45) is 2.12. The van der Waals surface area contributed by atoms with E-state index < -0.39 is 9.84 Å². The zero-order valence-corrected chi connectivity index (χ0v) is 14.9. The van der Waals surface area contributed by atoms with Gasteiger partial charge in [0.2, 0.25) is 0 Å². The quantitative estimate of drug-likeness (QED) is 0.875. The topological polar surface area (TPSA) is 75.2 Å². The minimum absolute atomic E-state index is 0.0333. The Balaban J connectivity index is 1.66. The number of rotatable bonds is 5. The van der Waals surface area contributed by atoms with Crippen molar-refractivity contribution in [2.75, 3.05) is 28.8 Å². The third-order valence-electron chi connectivity index (χ3n) is 4.16. The summed E-state index contributed by atoms with van der Waals surface area (Å²) in [5, 5.41) is 3.95. The normalized spacial score (nSPS) is 19.2. The first kappa shape index (κ1) is 17.0. The van der Waals surface area contributed by atoms with Gasteiger partial charge in [-0.15, -0.1) is 0 Å². The molecule has 1 aliphatic heterocycles. The Labute approximate surface area is 146 Å². The number of benzene rings is 1. The molecule has 0 saturated carbocycles. The van der Waals surface area contributed by atoms with E-state index in [0.29, 0.717) is 29.6 Å². The predicted molar refractivity (Wildman–Crippen MR) is 96.3 cm³/mol. The Morgan fingerprint density at radius 3 is 2.71 bits per heavy atom. The van der Waals surface area contributed by atoms with E-state index in [1.807, 2.05) is 42.3 Å². The van der Waals surface area contributed by atoms with E-state index in [4.69, 9.17) is 11.6 Å². The van der Waals surface area contributed by atoms with Crippen molar-refractivity contribution in [3.8, 4) is 0 Å². The lowest BCUT2D eigenvalue weighted by Crippen LogP contribution is -2.33. The van der Waals surface area contributed by atoms with Crippen LogP contribution in [0.5, 0.6) is 0 Å². The van der Waals surface area contributed by atoms with Crippen molar-refractivity contribution in [1.82, 2.24) is 9.97 Å². The molecule has 0 radical (unpaired) electrons. The van der Waals surface area contributed by atoms with Gasteiger partial charge >= 0.3 is 0 Å². The van der Waals surface area contributed by atoms with Crippen LogP contribution in [-0.4, -0.2) is 43.0 Å². The van der Waals surface area contributed by atoms with Gasteiger partial charge in [-0.3, -0.25) is 0 Å². The van der Waals surface area contributed by atoms with Crippen molar-refractivity contribution in [2.45, 2.75) is 19.0 Å². The molecular weight excluding hydrogens is 348 g/mol. The Hall–Kier alpha value is -1.86. The first-order chi connectivity index (χ1) is 11.4. The second kappa shape index (κ2) is 6.94. The van der Waals surface area contributed by atoms with Crippen molar-refractivity contribution in [3.05, 3.63) is 47.2 Å². The monoisotopic (exact) mass is 366 g/mol. The number of halogens is 1. The second-order valence-corrected chi connectivity index (χ2v) is 8.57. The zero-order chi connectivity index (χ0) is 17.2. The van der Waals surface area contributed by atoms with Crippen LogP contribution in [0.4, 0.5) is 11.6 Å². The molecular formula is C16H19ClN4O2S. The molecule has 1 aliphatic rings. The fourth-order valence-corrected chi connectivity index (χ4v) is 4.60. The standard InChI is InChI=1S/C16H19ClN4O2S/c1-21(14-6-7-24(22,23)10-14)16-8-15(19-11-20-16)18-9-12-2-4-13(17)5-3-12/h2-5,8,11,14H,6-7,9-10H2,1H3,(H,18,19,20). The van der Waals surface area contributed by atoms with E-state index in [0.717, 1.165) is 5.56 Å². The molecule has 1 aromatic heterocycles. The molecule has 0 bridgehead atoms. The van der Waals surface area contributed by atoms with Gasteiger partial charge in [0, 0.05) is 30.7 Å². The third kappa shape index (κ3) is 4.15. The summed E-state index contributed by atoms with van der Waals surface area (Å²) >= 11 is 5.88.